The van der Waals surface area contributed by atoms with E-state index in [4.69, 9.17) is 5.73 Å². The van der Waals surface area contributed by atoms with Crippen LogP contribution in [-0.2, 0) is 6.54 Å². The van der Waals surface area contributed by atoms with Crippen LogP contribution >= 0.6 is 0 Å². The Kier molecular flexibility index (Phi) is 4.39. The second kappa shape index (κ2) is 5.37. The van der Waals surface area contributed by atoms with E-state index in [0.29, 0.717) is 11.4 Å². The maximum absolute atomic E-state index is 5.86. The van der Waals surface area contributed by atoms with Gasteiger partial charge in [-0.3, -0.25) is 0 Å². The van der Waals surface area contributed by atoms with Crippen LogP contribution < -0.4 is 5.73 Å². The van der Waals surface area contributed by atoms with Crippen LogP contribution in [0.2, 0.25) is 0 Å². The van der Waals surface area contributed by atoms with E-state index < -0.39 is 0 Å². The van der Waals surface area contributed by atoms with Crippen molar-refractivity contribution in [3.05, 3.63) is 11.9 Å². The number of aromatic nitrogens is 2. The number of rotatable bonds is 6. The molecule has 0 unspecified atom stereocenters. The van der Waals surface area contributed by atoms with Gasteiger partial charge in [-0.15, -0.1) is 0 Å². The molecule has 0 saturated carbocycles. The average molecular weight is 223 g/mol. The van der Waals surface area contributed by atoms with Crippen molar-refractivity contribution in [1.82, 2.24) is 9.55 Å². The number of nitrogens with zero attached hydrogens (tertiary/aromatic N) is 2. The Hall–Kier alpha value is -0.990. The molecule has 0 aromatic carbocycles. The molecule has 0 bridgehead atoms. The smallest absolute Gasteiger partial charge is 0.200 e. The first-order chi connectivity index (χ1) is 7.44. The van der Waals surface area contributed by atoms with Crippen LogP contribution in [0.15, 0.2) is 6.20 Å². The fourth-order valence-corrected chi connectivity index (χ4v) is 2.09. The lowest BCUT2D eigenvalue weighted by Gasteiger charge is -2.25. The van der Waals surface area contributed by atoms with Gasteiger partial charge in [-0.1, -0.05) is 40.0 Å². The van der Waals surface area contributed by atoms with Crippen LogP contribution in [-0.4, -0.2) is 9.55 Å². The number of nitrogen functional groups attached to an aromatic ring is 1. The van der Waals surface area contributed by atoms with Gasteiger partial charge >= 0.3 is 0 Å². The molecule has 3 heteroatoms. The molecule has 0 radical (unpaired) electrons. The Labute approximate surface area is 99.1 Å². The maximum Gasteiger partial charge on any atom is 0.200 e. The molecule has 0 aliphatic carbocycles. The summed E-state index contributed by atoms with van der Waals surface area (Å²) in [6, 6.07) is 0. The van der Waals surface area contributed by atoms with Crippen LogP contribution in [0.1, 0.15) is 52.1 Å². The summed E-state index contributed by atoms with van der Waals surface area (Å²) < 4.78 is 2.07. The zero-order valence-corrected chi connectivity index (χ0v) is 11.1. The second-order valence-electron chi connectivity index (χ2n) is 5.49. The molecule has 3 nitrogen and oxygen atoms in total. The van der Waals surface area contributed by atoms with Crippen molar-refractivity contribution in [2.24, 2.45) is 5.41 Å². The Bertz CT molecular complexity index is 326. The topological polar surface area (TPSA) is 43.8 Å². The lowest BCUT2D eigenvalue weighted by Crippen LogP contribution is -2.20. The number of anilines is 1. The monoisotopic (exact) mass is 223 g/mol. The summed E-state index contributed by atoms with van der Waals surface area (Å²) in [5, 5.41) is 0. The van der Waals surface area contributed by atoms with Crippen LogP contribution in [0.25, 0.3) is 0 Å². The molecule has 1 aromatic rings. The number of unbranched alkanes of at least 4 members (excludes halogenated alkanes) is 2. The third-order valence-corrected chi connectivity index (χ3v) is 2.98. The number of imidazole rings is 1. The van der Waals surface area contributed by atoms with Gasteiger partial charge in [0.2, 0.25) is 0 Å². The predicted molar refractivity (Wildman–Crippen MR) is 69.3 cm³/mol. The molecule has 92 valence electrons. The van der Waals surface area contributed by atoms with E-state index in [1.165, 1.54) is 25.7 Å². The average Bonchev–Trinajstić information content (AvgIpc) is 2.44. The first-order valence-electron chi connectivity index (χ1n) is 6.24. The molecule has 0 atom stereocenters. The van der Waals surface area contributed by atoms with Gasteiger partial charge < -0.3 is 10.3 Å². The van der Waals surface area contributed by atoms with Crippen molar-refractivity contribution in [3.63, 3.8) is 0 Å². The van der Waals surface area contributed by atoms with Crippen molar-refractivity contribution in [2.75, 3.05) is 5.73 Å². The number of nitrogens with two attached hydrogens (primary N) is 1. The third-order valence-electron chi connectivity index (χ3n) is 2.98. The molecule has 0 aliphatic heterocycles. The molecule has 0 aliphatic rings. The maximum atomic E-state index is 5.86. The summed E-state index contributed by atoms with van der Waals surface area (Å²) in [6.07, 6.45) is 7.19. The van der Waals surface area contributed by atoms with Gasteiger partial charge in [0.25, 0.3) is 0 Å². The van der Waals surface area contributed by atoms with Gasteiger partial charge in [-0.05, 0) is 18.8 Å². The summed E-state index contributed by atoms with van der Waals surface area (Å²) in [4.78, 5) is 4.23. The van der Waals surface area contributed by atoms with E-state index in [-0.39, 0.29) is 0 Å². The molecular formula is C13H25N3. The van der Waals surface area contributed by atoms with E-state index in [1.54, 1.807) is 0 Å². The molecule has 0 fully saturated rings. The minimum absolute atomic E-state index is 0.302. The normalized spacial score (nSPS) is 12.0. The minimum atomic E-state index is 0.302. The van der Waals surface area contributed by atoms with Crippen LogP contribution in [0.3, 0.4) is 0 Å². The third kappa shape index (κ3) is 3.87. The van der Waals surface area contributed by atoms with E-state index in [9.17, 15) is 0 Å². The zero-order valence-electron chi connectivity index (χ0n) is 11.1. The van der Waals surface area contributed by atoms with Crippen molar-refractivity contribution in [1.29, 1.82) is 0 Å². The summed E-state index contributed by atoms with van der Waals surface area (Å²) in [6.45, 7) is 9.79. The van der Waals surface area contributed by atoms with Crippen LogP contribution in [0, 0.1) is 12.3 Å². The van der Waals surface area contributed by atoms with Gasteiger partial charge in [-0.2, -0.15) is 0 Å². The zero-order chi connectivity index (χ0) is 12.2. The van der Waals surface area contributed by atoms with Crippen molar-refractivity contribution < 1.29 is 0 Å². The molecule has 0 saturated heterocycles. The van der Waals surface area contributed by atoms with Gasteiger partial charge in [0, 0.05) is 12.7 Å². The summed E-state index contributed by atoms with van der Waals surface area (Å²) in [5.41, 5.74) is 7.16. The molecule has 0 amide bonds. The fourth-order valence-electron chi connectivity index (χ4n) is 2.09. The standard InChI is InChI=1S/C13H25N3/c1-5-6-7-8-13(3,4)10-16-9-11(2)15-12(16)14/h9H,5-8,10H2,1-4H3,(H2,14,15). The van der Waals surface area contributed by atoms with Gasteiger partial charge in [0.15, 0.2) is 5.95 Å². The second-order valence-corrected chi connectivity index (χ2v) is 5.49. The lowest BCUT2D eigenvalue weighted by atomic mass is 9.87. The molecule has 16 heavy (non-hydrogen) atoms. The minimum Gasteiger partial charge on any atom is -0.369 e. The molecular weight excluding hydrogens is 198 g/mol. The summed E-state index contributed by atoms with van der Waals surface area (Å²) in [5.74, 6) is 0.640. The highest BCUT2D eigenvalue weighted by atomic mass is 15.1. The summed E-state index contributed by atoms with van der Waals surface area (Å²) in [7, 11) is 0. The van der Waals surface area contributed by atoms with Crippen molar-refractivity contribution in [3.8, 4) is 0 Å². The Morgan fingerprint density at radius 3 is 2.56 bits per heavy atom. The Balaban J connectivity index is 2.54. The van der Waals surface area contributed by atoms with Crippen molar-refractivity contribution >= 4 is 5.95 Å². The highest BCUT2D eigenvalue weighted by Gasteiger charge is 2.19. The van der Waals surface area contributed by atoms with E-state index in [2.05, 4.69) is 30.3 Å². The van der Waals surface area contributed by atoms with Gasteiger partial charge in [-0.25, -0.2) is 4.98 Å². The van der Waals surface area contributed by atoms with Gasteiger partial charge in [0.05, 0.1) is 5.69 Å². The SMILES string of the molecule is CCCCCC(C)(C)Cn1cc(C)nc1N. The largest absolute Gasteiger partial charge is 0.369 e. The van der Waals surface area contributed by atoms with Crippen molar-refractivity contribution in [2.45, 2.75) is 59.9 Å². The van der Waals surface area contributed by atoms with E-state index in [1.807, 2.05) is 13.1 Å². The number of hydrogen-bond acceptors (Lipinski definition) is 2. The van der Waals surface area contributed by atoms with Crippen LogP contribution in [0.4, 0.5) is 5.95 Å². The number of aryl methyl sites for hydroxylation is 1. The highest BCUT2D eigenvalue weighted by molar-refractivity contribution is 5.21. The van der Waals surface area contributed by atoms with E-state index in [0.717, 1.165) is 12.2 Å². The Morgan fingerprint density at radius 2 is 2.06 bits per heavy atom. The lowest BCUT2D eigenvalue weighted by molar-refractivity contribution is 0.273. The quantitative estimate of drug-likeness (QED) is 0.751. The first kappa shape index (κ1) is 13.1. The predicted octanol–water partition coefficient (Wildman–Crippen LogP) is 3.38. The Morgan fingerprint density at radius 1 is 1.38 bits per heavy atom. The molecule has 1 rings (SSSR count). The molecule has 2 N–H and O–H groups in total. The van der Waals surface area contributed by atoms with E-state index >= 15 is 0 Å². The number of hydrogen-bond donors (Lipinski definition) is 1. The molecule has 1 heterocycles. The molecule has 1 aromatic heterocycles. The molecule has 0 spiro atoms. The van der Waals surface area contributed by atoms with Gasteiger partial charge in [0.1, 0.15) is 0 Å². The summed E-state index contributed by atoms with van der Waals surface area (Å²) >= 11 is 0. The van der Waals surface area contributed by atoms with Crippen LogP contribution in [0.5, 0.6) is 0 Å². The first-order valence-corrected chi connectivity index (χ1v) is 6.24. The fraction of sp³-hybridized carbons (Fsp3) is 0.769. The highest BCUT2D eigenvalue weighted by Crippen LogP contribution is 2.27.